The van der Waals surface area contributed by atoms with Gasteiger partial charge in [0.05, 0.1) is 16.8 Å². The van der Waals surface area contributed by atoms with E-state index in [1.165, 1.54) is 0 Å². The van der Waals surface area contributed by atoms with Crippen LogP contribution in [0, 0.1) is 11.3 Å². The summed E-state index contributed by atoms with van der Waals surface area (Å²) in [7, 11) is 0. The molecular formula is C21H15ClN2O2. The van der Waals surface area contributed by atoms with Gasteiger partial charge >= 0.3 is 0 Å². The van der Waals surface area contributed by atoms with Crippen molar-refractivity contribution in [3.8, 4) is 11.8 Å². The predicted molar refractivity (Wildman–Crippen MR) is 101 cm³/mol. The van der Waals surface area contributed by atoms with Gasteiger partial charge in [-0.25, -0.2) is 0 Å². The minimum Gasteiger partial charge on any atom is -0.488 e. The molecule has 3 aromatic carbocycles. The van der Waals surface area contributed by atoms with Crippen LogP contribution in [-0.4, -0.2) is 5.91 Å². The molecule has 128 valence electrons. The number of amides is 1. The van der Waals surface area contributed by atoms with Gasteiger partial charge in [-0.05, 0) is 35.9 Å². The summed E-state index contributed by atoms with van der Waals surface area (Å²) in [5.74, 6) is 0.0310. The molecule has 0 fully saturated rings. The zero-order valence-electron chi connectivity index (χ0n) is 13.8. The highest BCUT2D eigenvalue weighted by atomic mass is 35.5. The highest BCUT2D eigenvalue weighted by molar-refractivity contribution is 6.31. The molecule has 0 aliphatic heterocycles. The minimum absolute atomic E-state index is 0.307. The lowest BCUT2D eigenvalue weighted by molar-refractivity contribution is 0.102. The second kappa shape index (κ2) is 8.19. The molecule has 0 spiro atoms. The zero-order valence-corrected chi connectivity index (χ0v) is 14.5. The number of carbonyl (C=O) groups excluding carboxylic acids is 1. The molecule has 0 saturated carbocycles. The molecule has 4 nitrogen and oxygen atoms in total. The minimum atomic E-state index is -0.390. The molecule has 1 N–H and O–H groups in total. The maximum absolute atomic E-state index is 12.7. The van der Waals surface area contributed by atoms with E-state index < -0.39 is 5.91 Å². The molecule has 0 atom stereocenters. The van der Waals surface area contributed by atoms with Crippen molar-refractivity contribution in [2.45, 2.75) is 6.61 Å². The molecule has 0 aliphatic rings. The Kier molecular flexibility index (Phi) is 5.52. The Bertz CT molecular complexity index is 965. The van der Waals surface area contributed by atoms with Crippen LogP contribution < -0.4 is 10.1 Å². The average molecular weight is 363 g/mol. The Labute approximate surface area is 156 Å². The van der Waals surface area contributed by atoms with Gasteiger partial charge in [0, 0.05) is 5.02 Å². The number of nitrogens with one attached hydrogen (secondary N) is 1. The maximum Gasteiger partial charge on any atom is 0.259 e. The first-order chi connectivity index (χ1) is 12.7. The molecule has 0 saturated heterocycles. The summed E-state index contributed by atoms with van der Waals surface area (Å²) in [5, 5.41) is 12.3. The Morgan fingerprint density at radius 1 is 1.04 bits per heavy atom. The average Bonchev–Trinajstić information content (AvgIpc) is 2.68. The normalized spacial score (nSPS) is 10.0. The topological polar surface area (TPSA) is 62.1 Å². The first-order valence-electron chi connectivity index (χ1n) is 7.94. The second-order valence-electron chi connectivity index (χ2n) is 5.53. The van der Waals surface area contributed by atoms with E-state index in [-0.39, 0.29) is 0 Å². The van der Waals surface area contributed by atoms with E-state index in [0.29, 0.717) is 34.2 Å². The van der Waals surface area contributed by atoms with Crippen molar-refractivity contribution < 1.29 is 9.53 Å². The first kappa shape index (κ1) is 17.5. The van der Waals surface area contributed by atoms with E-state index in [1.807, 2.05) is 30.3 Å². The number of carbonyl (C=O) groups is 1. The zero-order chi connectivity index (χ0) is 18.4. The van der Waals surface area contributed by atoms with Crippen molar-refractivity contribution in [2.75, 3.05) is 5.32 Å². The molecule has 0 unspecified atom stereocenters. The van der Waals surface area contributed by atoms with Crippen molar-refractivity contribution in [1.82, 2.24) is 0 Å². The van der Waals surface area contributed by atoms with Crippen LogP contribution in [0.4, 0.5) is 5.69 Å². The van der Waals surface area contributed by atoms with Gasteiger partial charge in [0.15, 0.2) is 0 Å². The summed E-state index contributed by atoms with van der Waals surface area (Å²) in [6.07, 6.45) is 0. The maximum atomic E-state index is 12.7. The fraction of sp³-hybridized carbons (Fsp3) is 0.0476. The number of rotatable bonds is 5. The SMILES string of the molecule is N#Cc1ccccc1NC(=O)c1cc(Cl)ccc1OCc1ccccc1. The van der Waals surface area contributed by atoms with Crippen LogP contribution in [0.15, 0.2) is 72.8 Å². The van der Waals surface area contributed by atoms with Crippen molar-refractivity contribution in [3.05, 3.63) is 94.5 Å². The monoisotopic (exact) mass is 362 g/mol. The standard InChI is InChI=1S/C21H15ClN2O2/c22-17-10-11-20(26-14-15-6-2-1-3-7-15)18(12-17)21(25)24-19-9-5-4-8-16(19)13-23/h1-12H,14H2,(H,24,25). The molecular weight excluding hydrogens is 348 g/mol. The van der Waals surface area contributed by atoms with Gasteiger partial charge in [-0.15, -0.1) is 0 Å². The number of hydrogen-bond acceptors (Lipinski definition) is 3. The van der Waals surface area contributed by atoms with Crippen molar-refractivity contribution >= 4 is 23.2 Å². The lowest BCUT2D eigenvalue weighted by atomic mass is 10.1. The van der Waals surface area contributed by atoms with Crippen LogP contribution in [0.5, 0.6) is 5.75 Å². The molecule has 3 rings (SSSR count). The van der Waals surface area contributed by atoms with Crippen molar-refractivity contribution in [1.29, 1.82) is 5.26 Å². The number of nitrogens with zero attached hydrogens (tertiary/aromatic N) is 1. The Morgan fingerprint density at radius 2 is 1.77 bits per heavy atom. The van der Waals surface area contributed by atoms with Gasteiger partial charge in [-0.3, -0.25) is 4.79 Å². The number of benzene rings is 3. The van der Waals surface area contributed by atoms with Crippen LogP contribution in [0.25, 0.3) is 0 Å². The van der Waals surface area contributed by atoms with Crippen LogP contribution in [0.2, 0.25) is 5.02 Å². The summed E-state index contributed by atoms with van der Waals surface area (Å²) in [6, 6.07) is 23.4. The van der Waals surface area contributed by atoms with Gasteiger partial charge in [-0.2, -0.15) is 5.26 Å². The predicted octanol–water partition coefficient (Wildman–Crippen LogP) is 5.04. The lowest BCUT2D eigenvalue weighted by Gasteiger charge is -2.13. The van der Waals surface area contributed by atoms with Crippen molar-refractivity contribution in [3.63, 3.8) is 0 Å². The summed E-state index contributed by atoms with van der Waals surface area (Å²) >= 11 is 6.05. The summed E-state index contributed by atoms with van der Waals surface area (Å²) < 4.78 is 5.81. The van der Waals surface area contributed by atoms with Crippen LogP contribution in [0.3, 0.4) is 0 Å². The highest BCUT2D eigenvalue weighted by Gasteiger charge is 2.15. The van der Waals surface area contributed by atoms with Crippen LogP contribution in [-0.2, 0) is 6.61 Å². The number of nitriles is 1. The lowest BCUT2D eigenvalue weighted by Crippen LogP contribution is -2.14. The Hall–Kier alpha value is -3.29. The highest BCUT2D eigenvalue weighted by Crippen LogP contribution is 2.25. The van der Waals surface area contributed by atoms with Gasteiger partial charge in [0.2, 0.25) is 0 Å². The third-order valence-corrected chi connectivity index (χ3v) is 3.95. The van der Waals surface area contributed by atoms with E-state index in [2.05, 4.69) is 11.4 Å². The molecule has 0 aliphatic carbocycles. The van der Waals surface area contributed by atoms with Gasteiger partial charge in [0.1, 0.15) is 18.4 Å². The molecule has 1 amide bonds. The Morgan fingerprint density at radius 3 is 2.54 bits per heavy atom. The molecule has 0 bridgehead atoms. The van der Waals surface area contributed by atoms with Gasteiger partial charge < -0.3 is 10.1 Å². The number of hydrogen-bond donors (Lipinski definition) is 1. The molecule has 3 aromatic rings. The van der Waals surface area contributed by atoms with Gasteiger partial charge in [-0.1, -0.05) is 54.1 Å². The molecule has 0 aromatic heterocycles. The fourth-order valence-electron chi connectivity index (χ4n) is 2.42. The Balaban J connectivity index is 1.83. The van der Waals surface area contributed by atoms with Crippen molar-refractivity contribution in [2.24, 2.45) is 0 Å². The number of anilines is 1. The number of halogens is 1. The molecule has 26 heavy (non-hydrogen) atoms. The van der Waals surface area contributed by atoms with Gasteiger partial charge in [0.25, 0.3) is 5.91 Å². The molecule has 5 heteroatoms. The summed E-state index contributed by atoms with van der Waals surface area (Å²) in [6.45, 7) is 0.331. The quantitative estimate of drug-likeness (QED) is 0.691. The number of para-hydroxylation sites is 1. The van der Waals surface area contributed by atoms with E-state index in [4.69, 9.17) is 21.6 Å². The van der Waals surface area contributed by atoms with E-state index in [9.17, 15) is 4.79 Å². The van der Waals surface area contributed by atoms with Crippen LogP contribution in [0.1, 0.15) is 21.5 Å². The summed E-state index contributed by atoms with van der Waals surface area (Å²) in [5.41, 5.74) is 2.12. The fourth-order valence-corrected chi connectivity index (χ4v) is 2.59. The third-order valence-electron chi connectivity index (χ3n) is 3.72. The number of ether oxygens (including phenoxy) is 1. The third kappa shape index (κ3) is 4.21. The van der Waals surface area contributed by atoms with Crippen LogP contribution >= 0.6 is 11.6 Å². The first-order valence-corrected chi connectivity index (χ1v) is 8.32. The molecule has 0 radical (unpaired) electrons. The van der Waals surface area contributed by atoms with E-state index in [1.54, 1.807) is 42.5 Å². The van der Waals surface area contributed by atoms with E-state index in [0.717, 1.165) is 5.56 Å². The summed E-state index contributed by atoms with van der Waals surface area (Å²) in [4.78, 5) is 12.7. The second-order valence-corrected chi connectivity index (χ2v) is 5.96. The molecule has 0 heterocycles. The largest absolute Gasteiger partial charge is 0.488 e. The smallest absolute Gasteiger partial charge is 0.259 e. The van der Waals surface area contributed by atoms with E-state index >= 15 is 0 Å².